The first-order valence-corrected chi connectivity index (χ1v) is 9.70. The van der Waals surface area contributed by atoms with Crippen molar-refractivity contribution in [2.24, 2.45) is 0 Å². The summed E-state index contributed by atoms with van der Waals surface area (Å²) in [6.45, 7) is 0.307. The molecule has 152 valence electrons. The van der Waals surface area contributed by atoms with E-state index in [0.29, 0.717) is 19.4 Å². The summed E-state index contributed by atoms with van der Waals surface area (Å²) >= 11 is 0. The summed E-state index contributed by atoms with van der Waals surface area (Å²) in [6.07, 6.45) is 10.5. The van der Waals surface area contributed by atoms with Gasteiger partial charge in [0.2, 0.25) is 5.91 Å². The number of carbonyl (C=O) groups is 2. The van der Waals surface area contributed by atoms with Gasteiger partial charge in [0.25, 0.3) is 0 Å². The smallest absolute Gasteiger partial charge is 0.329 e. The molecular weight excluding hydrogens is 358 g/mol. The van der Waals surface area contributed by atoms with Crippen LogP contribution in [0, 0.1) is 0 Å². The average molecular weight is 387 g/mol. The van der Waals surface area contributed by atoms with E-state index in [1.165, 1.54) is 0 Å². The van der Waals surface area contributed by atoms with Gasteiger partial charge in [-0.25, -0.2) is 4.79 Å². The zero-order valence-corrected chi connectivity index (χ0v) is 16.1. The van der Waals surface area contributed by atoms with Crippen LogP contribution < -0.4 is 0 Å². The first-order chi connectivity index (χ1) is 13.6. The minimum atomic E-state index is -1.00. The van der Waals surface area contributed by atoms with E-state index in [2.05, 4.69) is 0 Å². The maximum atomic E-state index is 12.5. The average Bonchev–Trinajstić information content (AvgIpc) is 2.85. The SMILES string of the molecule is O=C(O)COC/C=C\CN1C(=O)CCCC[C@@H]1/C=C/C(O)Cc1ccccc1. The second kappa shape index (κ2) is 12.1. The Bertz CT molecular complexity index is 671. The number of hydrogen-bond donors (Lipinski definition) is 2. The number of aliphatic carboxylic acids is 1. The van der Waals surface area contributed by atoms with Gasteiger partial charge in [-0.15, -0.1) is 0 Å². The Morgan fingerprint density at radius 3 is 2.79 bits per heavy atom. The van der Waals surface area contributed by atoms with Crippen molar-refractivity contribution < 1.29 is 24.5 Å². The molecule has 1 aromatic rings. The number of likely N-dealkylation sites (tertiary alicyclic amines) is 1. The second-order valence-electron chi connectivity index (χ2n) is 6.88. The molecule has 0 aromatic heterocycles. The van der Waals surface area contributed by atoms with E-state index >= 15 is 0 Å². The lowest BCUT2D eigenvalue weighted by Gasteiger charge is -2.27. The molecule has 1 fully saturated rings. The summed E-state index contributed by atoms with van der Waals surface area (Å²) in [5.74, 6) is -0.906. The fourth-order valence-corrected chi connectivity index (χ4v) is 3.20. The summed E-state index contributed by atoms with van der Waals surface area (Å²) < 4.78 is 4.96. The van der Waals surface area contributed by atoms with Gasteiger partial charge < -0.3 is 19.8 Å². The van der Waals surface area contributed by atoms with Gasteiger partial charge in [0.15, 0.2) is 0 Å². The predicted octanol–water partition coefficient (Wildman–Crippen LogP) is 2.57. The Morgan fingerprint density at radius 1 is 1.25 bits per heavy atom. The van der Waals surface area contributed by atoms with Crippen molar-refractivity contribution in [1.82, 2.24) is 4.90 Å². The number of ether oxygens (including phenoxy) is 1. The minimum absolute atomic E-state index is 0.0509. The third-order valence-corrected chi connectivity index (χ3v) is 4.61. The topological polar surface area (TPSA) is 87.1 Å². The number of amides is 1. The van der Waals surface area contributed by atoms with Crippen molar-refractivity contribution in [2.45, 2.75) is 44.2 Å². The zero-order chi connectivity index (χ0) is 20.2. The van der Waals surface area contributed by atoms with Crippen molar-refractivity contribution in [3.63, 3.8) is 0 Å². The molecule has 6 nitrogen and oxygen atoms in total. The van der Waals surface area contributed by atoms with Crippen molar-refractivity contribution in [3.05, 3.63) is 60.2 Å². The van der Waals surface area contributed by atoms with E-state index in [0.717, 1.165) is 24.8 Å². The van der Waals surface area contributed by atoms with Crippen molar-refractivity contribution in [3.8, 4) is 0 Å². The Morgan fingerprint density at radius 2 is 2.04 bits per heavy atom. The Labute approximate surface area is 166 Å². The van der Waals surface area contributed by atoms with Crippen LogP contribution in [0.2, 0.25) is 0 Å². The van der Waals surface area contributed by atoms with Crippen molar-refractivity contribution >= 4 is 11.9 Å². The van der Waals surface area contributed by atoms with Crippen LogP contribution in [0.4, 0.5) is 0 Å². The molecule has 1 heterocycles. The second-order valence-corrected chi connectivity index (χ2v) is 6.88. The van der Waals surface area contributed by atoms with E-state index in [-0.39, 0.29) is 25.2 Å². The predicted molar refractivity (Wildman–Crippen MR) is 107 cm³/mol. The Hall–Kier alpha value is -2.44. The molecule has 1 aliphatic heterocycles. The molecule has 6 heteroatoms. The molecule has 28 heavy (non-hydrogen) atoms. The number of carbonyl (C=O) groups excluding carboxylic acids is 1. The highest BCUT2D eigenvalue weighted by Crippen LogP contribution is 2.19. The number of nitrogens with zero attached hydrogens (tertiary/aromatic N) is 1. The lowest BCUT2D eigenvalue weighted by molar-refractivity contribution is -0.141. The van der Waals surface area contributed by atoms with Crippen LogP contribution in [0.25, 0.3) is 0 Å². The fourth-order valence-electron chi connectivity index (χ4n) is 3.20. The van der Waals surface area contributed by atoms with Crippen LogP contribution >= 0.6 is 0 Å². The van der Waals surface area contributed by atoms with Gasteiger partial charge in [-0.2, -0.15) is 0 Å². The monoisotopic (exact) mass is 387 g/mol. The quantitative estimate of drug-likeness (QED) is 0.476. The molecule has 1 unspecified atom stereocenters. The van der Waals surface area contributed by atoms with Crippen molar-refractivity contribution in [2.75, 3.05) is 19.8 Å². The first kappa shape index (κ1) is 21.9. The maximum Gasteiger partial charge on any atom is 0.329 e. The van der Waals surface area contributed by atoms with E-state index < -0.39 is 12.1 Å². The summed E-state index contributed by atoms with van der Waals surface area (Å²) in [6, 6.07) is 9.76. The molecule has 2 N–H and O–H groups in total. The lowest BCUT2D eigenvalue weighted by Crippen LogP contribution is -2.38. The van der Waals surface area contributed by atoms with Crippen LogP contribution in [0.15, 0.2) is 54.6 Å². The number of benzene rings is 1. The molecule has 2 rings (SSSR count). The summed E-state index contributed by atoms with van der Waals surface area (Å²) in [5.41, 5.74) is 1.07. The highest BCUT2D eigenvalue weighted by atomic mass is 16.5. The van der Waals surface area contributed by atoms with E-state index in [1.54, 1.807) is 12.2 Å². The largest absolute Gasteiger partial charge is 0.480 e. The van der Waals surface area contributed by atoms with Gasteiger partial charge >= 0.3 is 5.97 Å². The van der Waals surface area contributed by atoms with E-state index in [1.807, 2.05) is 47.4 Å². The summed E-state index contributed by atoms with van der Waals surface area (Å²) in [4.78, 5) is 24.7. The van der Waals surface area contributed by atoms with Gasteiger partial charge in [0.1, 0.15) is 6.61 Å². The van der Waals surface area contributed by atoms with Crippen LogP contribution in [0.5, 0.6) is 0 Å². The lowest BCUT2D eigenvalue weighted by atomic mass is 10.0. The number of aliphatic hydroxyl groups is 1. The molecule has 1 amide bonds. The van der Waals surface area contributed by atoms with Gasteiger partial charge in [0, 0.05) is 19.4 Å². The van der Waals surface area contributed by atoms with E-state index in [9.17, 15) is 14.7 Å². The zero-order valence-electron chi connectivity index (χ0n) is 16.1. The van der Waals surface area contributed by atoms with Gasteiger partial charge in [-0.3, -0.25) is 4.79 Å². The van der Waals surface area contributed by atoms with Gasteiger partial charge in [-0.05, 0) is 18.4 Å². The maximum absolute atomic E-state index is 12.5. The Kier molecular flexibility index (Phi) is 9.45. The van der Waals surface area contributed by atoms with Crippen LogP contribution in [0.3, 0.4) is 0 Å². The molecule has 2 atom stereocenters. The number of rotatable bonds is 10. The minimum Gasteiger partial charge on any atom is -0.480 e. The van der Waals surface area contributed by atoms with Crippen LogP contribution in [-0.4, -0.2) is 58.9 Å². The third-order valence-electron chi connectivity index (χ3n) is 4.61. The normalized spacial score (nSPS) is 19.2. The fraction of sp³-hybridized carbons (Fsp3) is 0.455. The molecule has 1 aliphatic rings. The van der Waals surface area contributed by atoms with Gasteiger partial charge in [-0.1, -0.05) is 61.1 Å². The molecule has 1 aromatic carbocycles. The summed E-state index contributed by atoms with van der Waals surface area (Å²) in [5, 5.41) is 18.8. The highest BCUT2D eigenvalue weighted by molar-refractivity contribution is 5.77. The molecule has 1 saturated heterocycles. The van der Waals surface area contributed by atoms with Crippen LogP contribution in [-0.2, 0) is 20.7 Å². The van der Waals surface area contributed by atoms with Crippen molar-refractivity contribution in [1.29, 1.82) is 0 Å². The molecule has 0 saturated carbocycles. The van der Waals surface area contributed by atoms with Gasteiger partial charge in [0.05, 0.1) is 18.8 Å². The van der Waals surface area contributed by atoms with E-state index in [4.69, 9.17) is 9.84 Å². The molecule has 0 radical (unpaired) electrons. The molecule has 0 aliphatic carbocycles. The highest BCUT2D eigenvalue weighted by Gasteiger charge is 2.23. The van der Waals surface area contributed by atoms with Crippen LogP contribution in [0.1, 0.15) is 31.2 Å². The third kappa shape index (κ3) is 8.06. The first-order valence-electron chi connectivity index (χ1n) is 9.70. The number of carboxylic acid groups (broad SMARTS) is 1. The number of aliphatic hydroxyl groups excluding tert-OH is 1. The summed E-state index contributed by atoms with van der Waals surface area (Å²) in [7, 11) is 0. The molecule has 0 bridgehead atoms. The molecular formula is C22H29NO5. The Balaban J connectivity index is 1.91. The number of carboxylic acids is 1. The molecule has 0 spiro atoms. The standard InChI is InChI=1S/C22H29NO5/c24-20(16-18-8-2-1-3-9-18)13-12-19-10-4-5-11-21(25)23(19)14-6-7-15-28-17-22(26)27/h1-3,6-9,12-13,19-20,24H,4-5,10-11,14-17H2,(H,26,27)/b7-6-,13-12+/t19-,20?/m1/s1. The number of hydrogen-bond acceptors (Lipinski definition) is 4.